The SMILES string of the molecule is CCCCC(C)(CCCC)N1CCC(F)CC1. The minimum atomic E-state index is -0.548. The van der Waals surface area contributed by atoms with Crippen molar-refractivity contribution in [3.05, 3.63) is 0 Å². The van der Waals surface area contributed by atoms with Gasteiger partial charge in [0.05, 0.1) is 0 Å². The quantitative estimate of drug-likeness (QED) is 0.633. The number of nitrogens with zero attached hydrogens (tertiary/aromatic N) is 1. The molecule has 0 aromatic carbocycles. The third kappa shape index (κ3) is 4.57. The van der Waals surface area contributed by atoms with Crippen LogP contribution in [0.1, 0.15) is 72.1 Å². The second-order valence-electron chi connectivity index (χ2n) is 5.87. The lowest BCUT2D eigenvalue weighted by molar-refractivity contribution is 0.0371. The summed E-state index contributed by atoms with van der Waals surface area (Å²) in [5, 5.41) is 0. The molecule has 0 N–H and O–H groups in total. The van der Waals surface area contributed by atoms with E-state index in [1.54, 1.807) is 0 Å². The van der Waals surface area contributed by atoms with Crippen molar-refractivity contribution >= 4 is 0 Å². The van der Waals surface area contributed by atoms with Gasteiger partial charge in [-0.05, 0) is 32.6 Å². The van der Waals surface area contributed by atoms with Gasteiger partial charge in [0.25, 0.3) is 0 Å². The molecule has 1 aliphatic heterocycles. The minimum Gasteiger partial charge on any atom is -0.298 e. The lowest BCUT2D eigenvalue weighted by Gasteiger charge is -2.44. The first-order valence-electron chi connectivity index (χ1n) is 7.51. The minimum absolute atomic E-state index is 0.326. The highest BCUT2D eigenvalue weighted by molar-refractivity contribution is 4.89. The van der Waals surface area contributed by atoms with Gasteiger partial charge in [-0.2, -0.15) is 0 Å². The average molecular weight is 243 g/mol. The van der Waals surface area contributed by atoms with Crippen molar-refractivity contribution in [3.63, 3.8) is 0 Å². The summed E-state index contributed by atoms with van der Waals surface area (Å²) >= 11 is 0. The average Bonchev–Trinajstić information content (AvgIpc) is 2.34. The smallest absolute Gasteiger partial charge is 0.103 e. The zero-order valence-corrected chi connectivity index (χ0v) is 12.0. The number of piperidine rings is 1. The van der Waals surface area contributed by atoms with Crippen LogP contribution in [0.3, 0.4) is 0 Å². The maximum absolute atomic E-state index is 13.2. The molecule has 17 heavy (non-hydrogen) atoms. The molecule has 2 heteroatoms. The highest BCUT2D eigenvalue weighted by Crippen LogP contribution is 2.31. The Hall–Kier alpha value is -0.110. The Morgan fingerprint density at radius 3 is 1.94 bits per heavy atom. The van der Waals surface area contributed by atoms with E-state index in [0.717, 1.165) is 25.9 Å². The highest BCUT2D eigenvalue weighted by Gasteiger charge is 2.33. The van der Waals surface area contributed by atoms with Gasteiger partial charge in [0, 0.05) is 18.6 Å². The monoisotopic (exact) mass is 243 g/mol. The van der Waals surface area contributed by atoms with Crippen LogP contribution in [-0.2, 0) is 0 Å². The molecule has 1 saturated heterocycles. The Kier molecular flexibility index (Phi) is 6.47. The van der Waals surface area contributed by atoms with Crippen molar-refractivity contribution in [2.75, 3.05) is 13.1 Å². The first kappa shape index (κ1) is 14.9. The zero-order chi connectivity index (χ0) is 12.7. The molecule has 0 atom stereocenters. The molecule has 0 aliphatic carbocycles. The summed E-state index contributed by atoms with van der Waals surface area (Å²) in [6.07, 6.45) is 8.63. The number of hydrogen-bond acceptors (Lipinski definition) is 1. The molecule has 1 rings (SSSR count). The van der Waals surface area contributed by atoms with Crippen molar-refractivity contribution in [2.24, 2.45) is 0 Å². The van der Waals surface area contributed by atoms with Gasteiger partial charge in [0.2, 0.25) is 0 Å². The highest BCUT2D eigenvalue weighted by atomic mass is 19.1. The van der Waals surface area contributed by atoms with Crippen LogP contribution in [-0.4, -0.2) is 29.7 Å². The van der Waals surface area contributed by atoms with Crippen LogP contribution < -0.4 is 0 Å². The molecule has 0 spiro atoms. The van der Waals surface area contributed by atoms with E-state index in [1.165, 1.54) is 38.5 Å². The van der Waals surface area contributed by atoms with Gasteiger partial charge >= 0.3 is 0 Å². The van der Waals surface area contributed by atoms with Gasteiger partial charge in [0.15, 0.2) is 0 Å². The Bertz CT molecular complexity index is 189. The third-order valence-electron chi connectivity index (χ3n) is 4.33. The molecular weight excluding hydrogens is 213 g/mol. The Balaban J connectivity index is 2.54. The van der Waals surface area contributed by atoms with Gasteiger partial charge in [-0.15, -0.1) is 0 Å². The second-order valence-corrected chi connectivity index (χ2v) is 5.87. The summed E-state index contributed by atoms with van der Waals surface area (Å²) in [5.41, 5.74) is 0.326. The van der Waals surface area contributed by atoms with Crippen molar-refractivity contribution < 1.29 is 4.39 Å². The molecule has 0 amide bonds. The fourth-order valence-electron chi connectivity index (χ4n) is 2.94. The van der Waals surface area contributed by atoms with Gasteiger partial charge in [0.1, 0.15) is 6.17 Å². The number of unbranched alkanes of at least 4 members (excludes halogenated alkanes) is 2. The Morgan fingerprint density at radius 1 is 1.06 bits per heavy atom. The predicted molar refractivity (Wildman–Crippen MR) is 73.2 cm³/mol. The number of likely N-dealkylation sites (tertiary alicyclic amines) is 1. The molecule has 0 bridgehead atoms. The molecule has 1 nitrogen and oxygen atoms in total. The van der Waals surface area contributed by atoms with Crippen molar-refractivity contribution in [1.29, 1.82) is 0 Å². The van der Waals surface area contributed by atoms with Crippen LogP contribution in [0, 0.1) is 0 Å². The maximum atomic E-state index is 13.2. The summed E-state index contributed by atoms with van der Waals surface area (Å²) in [5.74, 6) is 0. The van der Waals surface area contributed by atoms with E-state index in [0.29, 0.717) is 5.54 Å². The van der Waals surface area contributed by atoms with E-state index in [-0.39, 0.29) is 0 Å². The molecule has 1 aliphatic rings. The molecule has 0 unspecified atom stereocenters. The second kappa shape index (κ2) is 7.35. The lowest BCUT2D eigenvalue weighted by Crippen LogP contribution is -2.50. The molecular formula is C15H30FN. The van der Waals surface area contributed by atoms with Crippen molar-refractivity contribution in [2.45, 2.75) is 83.8 Å². The van der Waals surface area contributed by atoms with E-state index >= 15 is 0 Å². The largest absolute Gasteiger partial charge is 0.298 e. The van der Waals surface area contributed by atoms with Gasteiger partial charge in [-0.25, -0.2) is 4.39 Å². The van der Waals surface area contributed by atoms with Crippen LogP contribution >= 0.6 is 0 Å². The lowest BCUT2D eigenvalue weighted by atomic mass is 9.85. The Labute approximate surface area is 107 Å². The van der Waals surface area contributed by atoms with Crippen LogP contribution in [0.25, 0.3) is 0 Å². The van der Waals surface area contributed by atoms with Gasteiger partial charge in [-0.3, -0.25) is 4.90 Å². The molecule has 102 valence electrons. The first-order chi connectivity index (χ1) is 8.12. The summed E-state index contributed by atoms with van der Waals surface area (Å²) in [6, 6.07) is 0. The van der Waals surface area contributed by atoms with Gasteiger partial charge < -0.3 is 0 Å². The Morgan fingerprint density at radius 2 is 1.53 bits per heavy atom. The van der Waals surface area contributed by atoms with Crippen LogP contribution in [0.5, 0.6) is 0 Å². The molecule has 0 radical (unpaired) electrons. The fourth-order valence-corrected chi connectivity index (χ4v) is 2.94. The van der Waals surface area contributed by atoms with E-state index < -0.39 is 6.17 Å². The van der Waals surface area contributed by atoms with E-state index in [2.05, 4.69) is 25.7 Å². The summed E-state index contributed by atoms with van der Waals surface area (Å²) in [4.78, 5) is 2.56. The fraction of sp³-hybridized carbons (Fsp3) is 1.00. The molecule has 0 saturated carbocycles. The van der Waals surface area contributed by atoms with Crippen LogP contribution in [0.2, 0.25) is 0 Å². The normalized spacial score (nSPS) is 19.8. The van der Waals surface area contributed by atoms with E-state index in [4.69, 9.17) is 0 Å². The maximum Gasteiger partial charge on any atom is 0.103 e. The van der Waals surface area contributed by atoms with E-state index in [9.17, 15) is 4.39 Å². The predicted octanol–water partition coefficient (Wildman–Crippen LogP) is 4.56. The molecule has 1 fully saturated rings. The third-order valence-corrected chi connectivity index (χ3v) is 4.33. The summed E-state index contributed by atoms with van der Waals surface area (Å²) < 4.78 is 13.2. The van der Waals surface area contributed by atoms with Crippen molar-refractivity contribution in [3.8, 4) is 0 Å². The van der Waals surface area contributed by atoms with Crippen LogP contribution in [0.15, 0.2) is 0 Å². The number of rotatable bonds is 7. The van der Waals surface area contributed by atoms with Crippen molar-refractivity contribution in [1.82, 2.24) is 4.90 Å². The standard InChI is InChI=1S/C15H30FN/c1-4-6-10-15(3,11-7-5-2)17-12-8-14(16)9-13-17/h14H,4-13H2,1-3H3. The summed E-state index contributed by atoms with van der Waals surface area (Å²) in [6.45, 7) is 8.84. The molecule has 1 heterocycles. The topological polar surface area (TPSA) is 3.24 Å². The first-order valence-corrected chi connectivity index (χ1v) is 7.51. The number of alkyl halides is 1. The van der Waals surface area contributed by atoms with Crippen LogP contribution in [0.4, 0.5) is 4.39 Å². The molecule has 0 aromatic heterocycles. The van der Waals surface area contributed by atoms with Gasteiger partial charge in [-0.1, -0.05) is 39.5 Å². The number of halogens is 1. The summed E-state index contributed by atoms with van der Waals surface area (Å²) in [7, 11) is 0. The molecule has 0 aromatic rings. The van der Waals surface area contributed by atoms with E-state index in [1.807, 2.05) is 0 Å². The number of hydrogen-bond donors (Lipinski definition) is 0. The zero-order valence-electron chi connectivity index (χ0n) is 12.0.